The summed E-state index contributed by atoms with van der Waals surface area (Å²) in [5, 5.41) is 0.747. The smallest absolute Gasteiger partial charge is 0.261 e. The van der Waals surface area contributed by atoms with Crippen LogP contribution in [0.2, 0.25) is 10.0 Å². The molecule has 0 atom stereocenters. The number of carbonyl (C=O) groups is 1. The monoisotopic (exact) mass is 598 g/mol. The number of carbonyl (C=O) groups excluding carboxylic acids is 1. The van der Waals surface area contributed by atoms with Crippen molar-refractivity contribution in [3.05, 3.63) is 101 Å². The first-order valence-electron chi connectivity index (χ1n) is 12.4. The van der Waals surface area contributed by atoms with Gasteiger partial charge < -0.3 is 14.4 Å². The first-order chi connectivity index (χ1) is 19.3. The van der Waals surface area contributed by atoms with Gasteiger partial charge in [-0.2, -0.15) is 0 Å². The molecular weight excluding hydrogens is 575 g/mol. The fraction of sp³-hybridized carbons (Fsp3) is 0.179. The minimum atomic E-state index is -4.03. The van der Waals surface area contributed by atoms with Gasteiger partial charge in [0.05, 0.1) is 27.4 Å². The van der Waals surface area contributed by atoms with Crippen LogP contribution in [0.1, 0.15) is 23.2 Å². The third-order valence-electron chi connectivity index (χ3n) is 6.21. The van der Waals surface area contributed by atoms with Crippen LogP contribution in [0.25, 0.3) is 0 Å². The number of halogens is 2. The highest BCUT2D eigenvalue weighted by Crippen LogP contribution is 2.31. The molecule has 0 unspecified atom stereocenters. The van der Waals surface area contributed by atoms with E-state index in [4.69, 9.17) is 32.7 Å². The van der Waals surface area contributed by atoms with Gasteiger partial charge in [0, 0.05) is 43.3 Å². The van der Waals surface area contributed by atoms with Crippen molar-refractivity contribution in [2.75, 3.05) is 17.8 Å². The predicted molar refractivity (Wildman–Crippen MR) is 152 cm³/mol. The number of likely N-dealkylation sites (tertiary alicyclic amines) is 1. The van der Waals surface area contributed by atoms with Crippen LogP contribution in [0.15, 0.2) is 90.2 Å². The lowest BCUT2D eigenvalue weighted by molar-refractivity contribution is 0.0588. The maximum atomic E-state index is 13.4. The first-order valence-corrected chi connectivity index (χ1v) is 14.6. The maximum absolute atomic E-state index is 13.4. The largest absolute Gasteiger partial charge is 0.473 e. The summed E-state index contributed by atoms with van der Waals surface area (Å²) >= 11 is 12.3. The lowest BCUT2D eigenvalue weighted by atomic mass is 10.1. The SMILES string of the molecule is O=C(c1cc(Cl)ccc1NS(=O)(=O)c1ccc(Oc2ccccc2Cl)cc1)N1CCC(Oc2cnccn2)CC1. The van der Waals surface area contributed by atoms with E-state index in [1.165, 1.54) is 42.5 Å². The van der Waals surface area contributed by atoms with Gasteiger partial charge in [0.2, 0.25) is 5.88 Å². The fourth-order valence-corrected chi connectivity index (χ4v) is 5.62. The third kappa shape index (κ3) is 6.64. The highest BCUT2D eigenvalue weighted by atomic mass is 35.5. The van der Waals surface area contributed by atoms with E-state index in [9.17, 15) is 13.2 Å². The predicted octanol–water partition coefficient (Wildman–Crippen LogP) is 6.06. The van der Waals surface area contributed by atoms with Crippen molar-refractivity contribution < 1.29 is 22.7 Å². The average Bonchev–Trinajstić information content (AvgIpc) is 2.96. The molecule has 1 saturated heterocycles. The Morgan fingerprint density at radius 2 is 1.73 bits per heavy atom. The average molecular weight is 599 g/mol. The lowest BCUT2D eigenvalue weighted by Crippen LogP contribution is -2.42. The third-order valence-corrected chi connectivity index (χ3v) is 8.14. The Balaban J connectivity index is 1.27. The van der Waals surface area contributed by atoms with Crippen LogP contribution in [-0.4, -0.2) is 48.4 Å². The normalized spacial score (nSPS) is 14.0. The summed E-state index contributed by atoms with van der Waals surface area (Å²) < 4.78 is 40.6. The minimum Gasteiger partial charge on any atom is -0.473 e. The summed E-state index contributed by atoms with van der Waals surface area (Å²) in [6, 6.07) is 17.3. The molecule has 1 aliphatic heterocycles. The zero-order chi connectivity index (χ0) is 28.1. The second-order valence-corrected chi connectivity index (χ2v) is 11.5. The lowest BCUT2D eigenvalue weighted by Gasteiger charge is -2.32. The number of hydrogen-bond acceptors (Lipinski definition) is 7. The molecule has 0 saturated carbocycles. The van der Waals surface area contributed by atoms with E-state index in [1.54, 1.807) is 47.8 Å². The summed E-state index contributed by atoms with van der Waals surface area (Å²) in [5.41, 5.74) is 0.284. The van der Waals surface area contributed by atoms with Crippen LogP contribution in [0.4, 0.5) is 5.69 Å². The van der Waals surface area contributed by atoms with E-state index >= 15 is 0 Å². The van der Waals surface area contributed by atoms with Crippen LogP contribution in [-0.2, 0) is 10.0 Å². The molecular formula is C28H24Cl2N4O5S. The molecule has 5 rings (SSSR count). The molecule has 1 aromatic heterocycles. The number of benzene rings is 3. The van der Waals surface area contributed by atoms with E-state index in [2.05, 4.69) is 14.7 Å². The molecule has 4 aromatic rings. The molecule has 3 aromatic carbocycles. The topological polar surface area (TPSA) is 111 Å². The molecule has 1 fully saturated rings. The van der Waals surface area contributed by atoms with Crippen molar-refractivity contribution in [1.82, 2.24) is 14.9 Å². The molecule has 0 bridgehead atoms. The second-order valence-electron chi connectivity index (χ2n) is 8.95. The second kappa shape index (κ2) is 12.1. The zero-order valence-corrected chi connectivity index (χ0v) is 23.4. The number of nitrogens with one attached hydrogen (secondary N) is 1. The summed E-state index contributed by atoms with van der Waals surface area (Å²) in [4.78, 5) is 23.2. The van der Waals surface area contributed by atoms with E-state index in [0.29, 0.717) is 53.4 Å². The van der Waals surface area contributed by atoms with Gasteiger partial charge >= 0.3 is 0 Å². The molecule has 0 aliphatic carbocycles. The molecule has 40 heavy (non-hydrogen) atoms. The molecule has 12 heteroatoms. The molecule has 206 valence electrons. The van der Waals surface area contributed by atoms with E-state index in [0.717, 1.165) is 0 Å². The maximum Gasteiger partial charge on any atom is 0.261 e. The van der Waals surface area contributed by atoms with Crippen molar-refractivity contribution in [2.24, 2.45) is 0 Å². The number of ether oxygens (including phenoxy) is 2. The Bertz CT molecular complexity index is 1600. The molecule has 0 spiro atoms. The molecule has 0 radical (unpaired) electrons. The van der Waals surface area contributed by atoms with Gasteiger partial charge in [-0.1, -0.05) is 35.3 Å². The summed E-state index contributed by atoms with van der Waals surface area (Å²) in [6.07, 6.45) is 5.73. The van der Waals surface area contributed by atoms with Crippen molar-refractivity contribution in [2.45, 2.75) is 23.8 Å². The van der Waals surface area contributed by atoms with Gasteiger partial charge in [0.15, 0.2) is 0 Å². The van der Waals surface area contributed by atoms with Crippen LogP contribution in [0.5, 0.6) is 17.4 Å². The number of piperidine rings is 1. The number of hydrogen-bond donors (Lipinski definition) is 1. The quantitative estimate of drug-likeness (QED) is 0.262. The van der Waals surface area contributed by atoms with Crippen molar-refractivity contribution in [3.63, 3.8) is 0 Å². The Labute approximate surface area is 241 Å². The fourth-order valence-electron chi connectivity index (χ4n) is 4.19. The number of sulfonamides is 1. The van der Waals surface area contributed by atoms with Crippen molar-refractivity contribution in [1.29, 1.82) is 0 Å². The minimum absolute atomic E-state index is 0.00525. The van der Waals surface area contributed by atoms with Crippen molar-refractivity contribution in [3.8, 4) is 17.4 Å². The van der Waals surface area contributed by atoms with Gasteiger partial charge in [-0.3, -0.25) is 14.5 Å². The van der Waals surface area contributed by atoms with Gasteiger partial charge in [0.25, 0.3) is 15.9 Å². The molecule has 1 amide bonds. The van der Waals surface area contributed by atoms with Crippen LogP contribution < -0.4 is 14.2 Å². The number of para-hydroxylation sites is 1. The van der Waals surface area contributed by atoms with E-state index < -0.39 is 10.0 Å². The Kier molecular flexibility index (Phi) is 8.39. The number of nitrogens with zero attached hydrogens (tertiary/aromatic N) is 3. The van der Waals surface area contributed by atoms with Crippen LogP contribution in [0, 0.1) is 0 Å². The van der Waals surface area contributed by atoms with Gasteiger partial charge in [-0.25, -0.2) is 13.4 Å². The van der Waals surface area contributed by atoms with Crippen molar-refractivity contribution >= 4 is 44.8 Å². The van der Waals surface area contributed by atoms with E-state index in [-0.39, 0.29) is 28.2 Å². The highest BCUT2D eigenvalue weighted by molar-refractivity contribution is 7.92. The van der Waals surface area contributed by atoms with Gasteiger partial charge in [-0.15, -0.1) is 0 Å². The summed E-state index contributed by atoms with van der Waals surface area (Å²) in [6.45, 7) is 0.852. The molecule has 1 aliphatic rings. The highest BCUT2D eigenvalue weighted by Gasteiger charge is 2.28. The number of aromatic nitrogens is 2. The number of amides is 1. The Morgan fingerprint density at radius 3 is 2.42 bits per heavy atom. The van der Waals surface area contributed by atoms with Gasteiger partial charge in [-0.05, 0) is 54.6 Å². The summed E-state index contributed by atoms with van der Waals surface area (Å²) in [5.74, 6) is 0.969. The zero-order valence-electron chi connectivity index (χ0n) is 21.0. The van der Waals surface area contributed by atoms with Crippen LogP contribution >= 0.6 is 23.2 Å². The molecule has 1 N–H and O–H groups in total. The Morgan fingerprint density at radius 1 is 0.975 bits per heavy atom. The number of rotatable bonds is 8. The first kappa shape index (κ1) is 27.7. The van der Waals surface area contributed by atoms with Gasteiger partial charge in [0.1, 0.15) is 17.6 Å². The molecule has 9 nitrogen and oxygen atoms in total. The summed E-state index contributed by atoms with van der Waals surface area (Å²) in [7, 11) is -4.03. The standard InChI is InChI=1S/C28H24Cl2N4O5S/c29-19-5-10-25(23(17-19)28(35)34-15-11-21(12-16-34)39-27-18-31-13-14-32-27)33-40(36,37)22-8-6-20(7-9-22)38-26-4-2-1-3-24(26)30/h1-10,13-14,17-18,21,33H,11-12,15-16H2. The number of anilines is 1. The molecule has 2 heterocycles. The van der Waals surface area contributed by atoms with E-state index in [1.807, 2.05) is 0 Å². The van der Waals surface area contributed by atoms with Crippen LogP contribution in [0.3, 0.4) is 0 Å². The Hall–Kier alpha value is -3.86.